The number of nitrogens with one attached hydrogen (secondary N) is 1. The third-order valence-corrected chi connectivity index (χ3v) is 8.47. The molecule has 0 aliphatic rings. The standard InChI is InChI=1S/C30H36BrN3O5S/c1-6-39-27-14-12-26(13-15-27)34(40(37,38)28-16-10-25(31)11-17-28)20-29(35)33(23(5)30(36)32-21(2)3)19-24-9-7-8-22(4)18-24/h7-18,21,23H,6,19-20H2,1-5H3,(H,32,36). The molecule has 0 fully saturated rings. The normalized spacial score (nSPS) is 12.1. The monoisotopic (exact) mass is 629 g/mol. The Kier molecular flexibility index (Phi) is 10.8. The summed E-state index contributed by atoms with van der Waals surface area (Å²) in [7, 11) is -4.15. The Morgan fingerprint density at radius 1 is 0.975 bits per heavy atom. The summed E-state index contributed by atoms with van der Waals surface area (Å²) < 4.78 is 35.1. The van der Waals surface area contributed by atoms with E-state index < -0.39 is 28.5 Å². The first-order chi connectivity index (χ1) is 18.9. The molecule has 0 aromatic heterocycles. The summed E-state index contributed by atoms with van der Waals surface area (Å²) in [6, 6.07) is 19.5. The Labute approximate surface area is 245 Å². The van der Waals surface area contributed by atoms with Gasteiger partial charge in [0.25, 0.3) is 10.0 Å². The highest BCUT2D eigenvalue weighted by Gasteiger charge is 2.32. The van der Waals surface area contributed by atoms with Gasteiger partial charge in [0.2, 0.25) is 11.8 Å². The van der Waals surface area contributed by atoms with Crippen molar-refractivity contribution in [1.82, 2.24) is 10.2 Å². The number of carbonyl (C=O) groups is 2. The van der Waals surface area contributed by atoms with Crippen LogP contribution in [-0.2, 0) is 26.2 Å². The largest absolute Gasteiger partial charge is 0.494 e. The molecule has 0 aliphatic heterocycles. The summed E-state index contributed by atoms with van der Waals surface area (Å²) in [5.74, 6) is -0.250. The number of hydrogen-bond acceptors (Lipinski definition) is 5. The molecule has 0 radical (unpaired) electrons. The number of hydrogen-bond donors (Lipinski definition) is 1. The quantitative estimate of drug-likeness (QED) is 0.294. The summed E-state index contributed by atoms with van der Waals surface area (Å²) in [6.07, 6.45) is 0. The second kappa shape index (κ2) is 13.8. The molecule has 0 aliphatic carbocycles. The molecule has 3 rings (SSSR count). The fourth-order valence-corrected chi connectivity index (χ4v) is 5.81. The highest BCUT2D eigenvalue weighted by Crippen LogP contribution is 2.27. The SMILES string of the molecule is CCOc1ccc(N(CC(=O)N(Cc2cccc(C)c2)C(C)C(=O)NC(C)C)S(=O)(=O)c2ccc(Br)cc2)cc1. The molecular weight excluding hydrogens is 594 g/mol. The average Bonchev–Trinajstić information content (AvgIpc) is 2.90. The van der Waals surface area contributed by atoms with Gasteiger partial charge in [-0.1, -0.05) is 45.8 Å². The number of ether oxygens (including phenoxy) is 1. The molecule has 0 spiro atoms. The van der Waals surface area contributed by atoms with Gasteiger partial charge < -0.3 is 15.0 Å². The smallest absolute Gasteiger partial charge is 0.264 e. The van der Waals surface area contributed by atoms with Gasteiger partial charge in [-0.05, 0) is 88.7 Å². The van der Waals surface area contributed by atoms with E-state index in [1.807, 2.05) is 52.0 Å². The number of aryl methyl sites for hydroxylation is 1. The number of benzene rings is 3. The average molecular weight is 631 g/mol. The Morgan fingerprint density at radius 3 is 2.20 bits per heavy atom. The zero-order valence-electron chi connectivity index (χ0n) is 23.4. The second-order valence-corrected chi connectivity index (χ2v) is 12.5. The van der Waals surface area contributed by atoms with E-state index in [9.17, 15) is 18.0 Å². The number of halogens is 1. The predicted octanol–water partition coefficient (Wildman–Crippen LogP) is 5.29. The Balaban J connectivity index is 2.03. The predicted molar refractivity (Wildman–Crippen MR) is 161 cm³/mol. The number of carbonyl (C=O) groups excluding carboxylic acids is 2. The van der Waals surface area contributed by atoms with Crippen molar-refractivity contribution in [3.63, 3.8) is 0 Å². The van der Waals surface area contributed by atoms with Gasteiger partial charge in [0.15, 0.2) is 0 Å². The van der Waals surface area contributed by atoms with Gasteiger partial charge in [-0.25, -0.2) is 8.42 Å². The fourth-order valence-electron chi connectivity index (χ4n) is 4.13. The van der Waals surface area contributed by atoms with Gasteiger partial charge in [0.1, 0.15) is 18.3 Å². The van der Waals surface area contributed by atoms with Gasteiger partial charge in [-0.2, -0.15) is 0 Å². The van der Waals surface area contributed by atoms with Crippen molar-refractivity contribution in [3.8, 4) is 5.75 Å². The van der Waals surface area contributed by atoms with Crippen LogP contribution in [-0.4, -0.2) is 50.4 Å². The van der Waals surface area contributed by atoms with E-state index >= 15 is 0 Å². The lowest BCUT2D eigenvalue weighted by Gasteiger charge is -2.32. The molecular formula is C30H36BrN3O5S. The van der Waals surface area contributed by atoms with Crippen molar-refractivity contribution >= 4 is 43.5 Å². The number of anilines is 1. The lowest BCUT2D eigenvalue weighted by atomic mass is 10.1. The van der Waals surface area contributed by atoms with Crippen LogP contribution in [0.25, 0.3) is 0 Å². The van der Waals surface area contributed by atoms with Gasteiger partial charge in [0, 0.05) is 17.1 Å². The molecule has 1 N–H and O–H groups in total. The lowest BCUT2D eigenvalue weighted by molar-refractivity contribution is -0.139. The molecule has 0 saturated heterocycles. The van der Waals surface area contributed by atoms with E-state index in [-0.39, 0.29) is 23.4 Å². The first kappa shape index (κ1) is 31.2. The van der Waals surface area contributed by atoms with Crippen molar-refractivity contribution in [2.75, 3.05) is 17.5 Å². The van der Waals surface area contributed by atoms with E-state index in [0.29, 0.717) is 18.0 Å². The van der Waals surface area contributed by atoms with E-state index in [4.69, 9.17) is 4.74 Å². The van der Waals surface area contributed by atoms with Crippen LogP contribution in [0.2, 0.25) is 0 Å². The minimum Gasteiger partial charge on any atom is -0.494 e. The molecule has 3 aromatic rings. The van der Waals surface area contributed by atoms with Crippen LogP contribution in [0.3, 0.4) is 0 Å². The highest BCUT2D eigenvalue weighted by atomic mass is 79.9. The molecule has 8 nitrogen and oxygen atoms in total. The molecule has 214 valence electrons. The lowest BCUT2D eigenvalue weighted by Crippen LogP contribution is -2.52. The third-order valence-electron chi connectivity index (χ3n) is 6.15. The molecule has 1 unspecified atom stereocenters. The molecule has 1 atom stereocenters. The van der Waals surface area contributed by atoms with Crippen molar-refractivity contribution in [2.45, 2.75) is 58.1 Å². The number of sulfonamides is 1. The molecule has 0 bridgehead atoms. The Hall–Kier alpha value is -3.37. The second-order valence-electron chi connectivity index (χ2n) is 9.74. The van der Waals surface area contributed by atoms with Gasteiger partial charge in [0.05, 0.1) is 17.2 Å². The number of nitrogens with zero attached hydrogens (tertiary/aromatic N) is 2. The van der Waals surface area contributed by atoms with Gasteiger partial charge in [-0.3, -0.25) is 13.9 Å². The summed E-state index contributed by atoms with van der Waals surface area (Å²) in [4.78, 5) is 28.4. The van der Waals surface area contributed by atoms with Crippen LogP contribution in [0, 0.1) is 6.92 Å². The van der Waals surface area contributed by atoms with Crippen molar-refractivity contribution in [1.29, 1.82) is 0 Å². The Morgan fingerprint density at radius 2 is 1.62 bits per heavy atom. The van der Waals surface area contributed by atoms with Crippen LogP contribution < -0.4 is 14.4 Å². The minimum absolute atomic E-state index is 0.0354. The first-order valence-corrected chi connectivity index (χ1v) is 15.3. The topological polar surface area (TPSA) is 96.0 Å². The van der Waals surface area contributed by atoms with Crippen LogP contribution in [0.15, 0.2) is 82.2 Å². The molecule has 2 amide bonds. The summed E-state index contributed by atoms with van der Waals surface area (Å²) in [5, 5.41) is 2.86. The van der Waals surface area contributed by atoms with E-state index in [0.717, 1.165) is 19.9 Å². The van der Waals surface area contributed by atoms with Crippen molar-refractivity contribution in [3.05, 3.63) is 88.4 Å². The maximum Gasteiger partial charge on any atom is 0.264 e. The van der Waals surface area contributed by atoms with Crippen LogP contribution in [0.1, 0.15) is 38.8 Å². The maximum atomic E-state index is 14.0. The summed E-state index contributed by atoms with van der Waals surface area (Å²) >= 11 is 3.34. The molecule has 3 aromatic carbocycles. The maximum absolute atomic E-state index is 14.0. The number of amides is 2. The zero-order valence-corrected chi connectivity index (χ0v) is 25.8. The van der Waals surface area contributed by atoms with E-state index in [2.05, 4.69) is 21.2 Å². The Bertz CT molecular complexity index is 1410. The summed E-state index contributed by atoms with van der Waals surface area (Å²) in [6.45, 7) is 9.24. The van der Waals surface area contributed by atoms with Gasteiger partial charge in [-0.15, -0.1) is 0 Å². The molecule has 0 heterocycles. The molecule has 0 saturated carbocycles. The van der Waals surface area contributed by atoms with E-state index in [1.54, 1.807) is 43.3 Å². The fraction of sp³-hybridized carbons (Fsp3) is 0.333. The third kappa shape index (κ3) is 8.08. The molecule has 40 heavy (non-hydrogen) atoms. The van der Waals surface area contributed by atoms with Crippen molar-refractivity contribution < 1.29 is 22.7 Å². The highest BCUT2D eigenvalue weighted by molar-refractivity contribution is 9.10. The van der Waals surface area contributed by atoms with E-state index in [1.165, 1.54) is 17.0 Å². The van der Waals surface area contributed by atoms with Crippen LogP contribution >= 0.6 is 15.9 Å². The van der Waals surface area contributed by atoms with Crippen LogP contribution in [0.5, 0.6) is 5.75 Å². The van der Waals surface area contributed by atoms with Crippen LogP contribution in [0.4, 0.5) is 5.69 Å². The summed E-state index contributed by atoms with van der Waals surface area (Å²) in [5.41, 5.74) is 2.15. The van der Waals surface area contributed by atoms with Gasteiger partial charge >= 0.3 is 0 Å². The zero-order chi connectivity index (χ0) is 29.4. The van der Waals surface area contributed by atoms with Crippen molar-refractivity contribution in [2.24, 2.45) is 0 Å². The molecule has 10 heteroatoms. The first-order valence-electron chi connectivity index (χ1n) is 13.1. The number of rotatable bonds is 12. The minimum atomic E-state index is -4.15.